The van der Waals surface area contributed by atoms with Gasteiger partial charge in [0.1, 0.15) is 0 Å². The Labute approximate surface area is 86.3 Å². The Hall–Kier alpha value is -1.07. The van der Waals surface area contributed by atoms with Crippen LogP contribution in [-0.4, -0.2) is 19.3 Å². The number of nitrogens with two attached hydrogens (primary N) is 1. The molecule has 1 unspecified atom stereocenters. The van der Waals surface area contributed by atoms with Crippen molar-refractivity contribution in [1.82, 2.24) is 5.32 Å². The maximum Gasteiger partial charge on any atom is 0.401 e. The molecule has 0 bridgehead atoms. The van der Waals surface area contributed by atoms with Crippen molar-refractivity contribution in [3.63, 3.8) is 0 Å². The van der Waals surface area contributed by atoms with Gasteiger partial charge in [-0.15, -0.1) is 0 Å². The van der Waals surface area contributed by atoms with Crippen LogP contribution in [0.25, 0.3) is 0 Å². The van der Waals surface area contributed by atoms with Crippen molar-refractivity contribution in [2.24, 2.45) is 5.73 Å². The summed E-state index contributed by atoms with van der Waals surface area (Å²) in [6.45, 7) is -0.892. The highest BCUT2D eigenvalue weighted by molar-refractivity contribution is 5.18. The van der Waals surface area contributed by atoms with Gasteiger partial charge in [-0.05, 0) is 5.56 Å². The molecule has 0 aliphatic rings. The second kappa shape index (κ2) is 5.14. The molecule has 0 saturated heterocycles. The summed E-state index contributed by atoms with van der Waals surface area (Å²) in [5.41, 5.74) is 6.52. The molecule has 84 valence electrons. The largest absolute Gasteiger partial charge is 0.401 e. The molecule has 0 fully saturated rings. The minimum Gasteiger partial charge on any atom is -0.323 e. The normalized spacial score (nSPS) is 13.9. The zero-order valence-electron chi connectivity index (χ0n) is 8.09. The maximum absolute atomic E-state index is 11.8. The minimum absolute atomic E-state index is 0.115. The first-order valence-corrected chi connectivity index (χ1v) is 4.57. The summed E-state index contributed by atoms with van der Waals surface area (Å²) in [4.78, 5) is 0. The molecule has 0 heterocycles. The van der Waals surface area contributed by atoms with Crippen LogP contribution in [0.2, 0.25) is 0 Å². The van der Waals surface area contributed by atoms with Crippen LogP contribution in [0, 0.1) is 0 Å². The molecular weight excluding hydrogens is 205 g/mol. The summed E-state index contributed by atoms with van der Waals surface area (Å²) in [6.07, 6.45) is -4.18. The van der Waals surface area contributed by atoms with E-state index in [1.54, 1.807) is 24.3 Å². The highest BCUT2D eigenvalue weighted by atomic mass is 19.4. The van der Waals surface area contributed by atoms with E-state index in [9.17, 15) is 13.2 Å². The molecule has 0 saturated carbocycles. The number of hydrogen-bond acceptors (Lipinski definition) is 2. The Kier molecular flexibility index (Phi) is 4.11. The summed E-state index contributed by atoms with van der Waals surface area (Å²) >= 11 is 0. The van der Waals surface area contributed by atoms with Gasteiger partial charge in [0.2, 0.25) is 0 Å². The highest BCUT2D eigenvalue weighted by Crippen LogP contribution is 2.13. The van der Waals surface area contributed by atoms with Gasteiger partial charge in [0.25, 0.3) is 0 Å². The van der Waals surface area contributed by atoms with Gasteiger partial charge >= 0.3 is 6.18 Å². The average molecular weight is 218 g/mol. The van der Waals surface area contributed by atoms with E-state index < -0.39 is 18.8 Å². The molecule has 15 heavy (non-hydrogen) atoms. The molecule has 3 N–H and O–H groups in total. The fraction of sp³-hybridized carbons (Fsp3) is 0.400. The van der Waals surface area contributed by atoms with Crippen molar-refractivity contribution in [1.29, 1.82) is 0 Å². The molecule has 1 atom stereocenters. The van der Waals surface area contributed by atoms with E-state index in [1.165, 1.54) is 0 Å². The van der Waals surface area contributed by atoms with Gasteiger partial charge in [0, 0.05) is 12.6 Å². The van der Waals surface area contributed by atoms with E-state index in [0.717, 1.165) is 5.56 Å². The van der Waals surface area contributed by atoms with E-state index in [0.29, 0.717) is 0 Å². The van der Waals surface area contributed by atoms with Gasteiger partial charge in [0.15, 0.2) is 0 Å². The zero-order valence-corrected chi connectivity index (χ0v) is 8.09. The average Bonchev–Trinajstić information content (AvgIpc) is 2.17. The number of halogens is 3. The predicted octanol–water partition coefficient (Wildman–Crippen LogP) is 1.84. The smallest absolute Gasteiger partial charge is 0.323 e. The Morgan fingerprint density at radius 1 is 1.20 bits per heavy atom. The molecule has 1 aromatic rings. The van der Waals surface area contributed by atoms with Crippen LogP contribution < -0.4 is 11.1 Å². The predicted molar refractivity (Wildman–Crippen MR) is 52.3 cm³/mol. The van der Waals surface area contributed by atoms with E-state index in [-0.39, 0.29) is 6.54 Å². The maximum atomic E-state index is 11.8. The van der Waals surface area contributed by atoms with Crippen molar-refractivity contribution in [2.75, 3.05) is 13.1 Å². The molecule has 1 rings (SSSR count). The van der Waals surface area contributed by atoms with E-state index in [4.69, 9.17) is 5.73 Å². The highest BCUT2D eigenvalue weighted by Gasteiger charge is 2.26. The zero-order chi connectivity index (χ0) is 11.3. The second-order valence-electron chi connectivity index (χ2n) is 3.26. The van der Waals surface area contributed by atoms with Crippen LogP contribution in [-0.2, 0) is 0 Å². The molecule has 0 aliphatic carbocycles. The molecule has 0 aliphatic heterocycles. The summed E-state index contributed by atoms with van der Waals surface area (Å²) in [7, 11) is 0. The van der Waals surface area contributed by atoms with Crippen LogP contribution in [0.4, 0.5) is 13.2 Å². The molecule has 0 amide bonds. The fourth-order valence-corrected chi connectivity index (χ4v) is 1.19. The van der Waals surface area contributed by atoms with Crippen molar-refractivity contribution < 1.29 is 13.2 Å². The molecule has 2 nitrogen and oxygen atoms in total. The van der Waals surface area contributed by atoms with E-state index in [2.05, 4.69) is 5.32 Å². The molecule has 5 heteroatoms. The van der Waals surface area contributed by atoms with Crippen LogP contribution in [0.1, 0.15) is 11.6 Å². The first kappa shape index (κ1) is 12.0. The quantitative estimate of drug-likeness (QED) is 0.809. The summed E-state index contributed by atoms with van der Waals surface area (Å²) < 4.78 is 35.4. The number of alkyl halides is 3. The Balaban J connectivity index is 2.34. The summed E-state index contributed by atoms with van der Waals surface area (Å²) in [5, 5.41) is 2.27. The number of nitrogens with one attached hydrogen (secondary N) is 1. The van der Waals surface area contributed by atoms with E-state index >= 15 is 0 Å². The third-order valence-electron chi connectivity index (χ3n) is 1.92. The SMILES string of the molecule is NC(CNCC(F)(F)F)c1ccccc1. The Morgan fingerprint density at radius 2 is 1.80 bits per heavy atom. The van der Waals surface area contributed by atoms with Crippen LogP contribution in [0.15, 0.2) is 30.3 Å². The molecule has 0 radical (unpaired) electrons. The molecule has 0 spiro atoms. The van der Waals surface area contributed by atoms with Crippen LogP contribution >= 0.6 is 0 Å². The van der Waals surface area contributed by atoms with Gasteiger partial charge in [-0.1, -0.05) is 30.3 Å². The van der Waals surface area contributed by atoms with Crippen molar-refractivity contribution in [2.45, 2.75) is 12.2 Å². The van der Waals surface area contributed by atoms with Crippen molar-refractivity contribution >= 4 is 0 Å². The standard InChI is InChI=1S/C10H13F3N2/c11-10(12,13)7-15-6-9(14)8-4-2-1-3-5-8/h1-5,9,15H,6-7,14H2. The lowest BCUT2D eigenvalue weighted by atomic mass is 10.1. The lowest BCUT2D eigenvalue weighted by molar-refractivity contribution is -0.124. The van der Waals surface area contributed by atoms with Crippen molar-refractivity contribution in [3.05, 3.63) is 35.9 Å². The molecular formula is C10H13F3N2. The lowest BCUT2D eigenvalue weighted by Crippen LogP contribution is -2.34. The Morgan fingerprint density at radius 3 is 2.33 bits per heavy atom. The monoisotopic (exact) mass is 218 g/mol. The Bertz CT molecular complexity index is 284. The first-order valence-electron chi connectivity index (χ1n) is 4.57. The van der Waals surface area contributed by atoms with Gasteiger partial charge in [-0.2, -0.15) is 13.2 Å². The van der Waals surface area contributed by atoms with E-state index in [1.807, 2.05) is 6.07 Å². The topological polar surface area (TPSA) is 38.0 Å². The number of hydrogen-bond donors (Lipinski definition) is 2. The molecule has 1 aromatic carbocycles. The number of rotatable bonds is 4. The minimum atomic E-state index is -4.18. The lowest BCUT2D eigenvalue weighted by Gasteiger charge is -2.14. The third-order valence-corrected chi connectivity index (χ3v) is 1.92. The van der Waals surface area contributed by atoms with Gasteiger partial charge < -0.3 is 11.1 Å². The third kappa shape index (κ3) is 4.80. The second-order valence-corrected chi connectivity index (χ2v) is 3.26. The van der Waals surface area contributed by atoms with Gasteiger partial charge in [-0.25, -0.2) is 0 Å². The van der Waals surface area contributed by atoms with Crippen molar-refractivity contribution in [3.8, 4) is 0 Å². The first-order chi connectivity index (χ1) is 6.99. The van der Waals surface area contributed by atoms with Crippen LogP contribution in [0.5, 0.6) is 0 Å². The fourth-order valence-electron chi connectivity index (χ4n) is 1.19. The molecule has 0 aromatic heterocycles. The van der Waals surface area contributed by atoms with Crippen LogP contribution in [0.3, 0.4) is 0 Å². The summed E-state index contributed by atoms with van der Waals surface area (Å²) in [6, 6.07) is 8.62. The van der Waals surface area contributed by atoms with Gasteiger partial charge in [-0.3, -0.25) is 0 Å². The number of benzene rings is 1. The summed E-state index contributed by atoms with van der Waals surface area (Å²) in [5.74, 6) is 0. The van der Waals surface area contributed by atoms with Gasteiger partial charge in [0.05, 0.1) is 6.54 Å².